The molecule has 0 aromatic rings. The first kappa shape index (κ1) is 10.2. The smallest absolute Gasteiger partial charge is 0.224 e. The van der Waals surface area contributed by atoms with E-state index in [4.69, 9.17) is 5.73 Å². The van der Waals surface area contributed by atoms with E-state index in [0.717, 1.165) is 0 Å². The van der Waals surface area contributed by atoms with Crippen molar-refractivity contribution in [2.75, 3.05) is 6.54 Å². The normalized spacial score (nSPS) is 15.2. The van der Waals surface area contributed by atoms with E-state index >= 15 is 0 Å². The zero-order chi connectivity index (χ0) is 8.85. The molecular weight excluding hydrogens is 140 g/mol. The van der Waals surface area contributed by atoms with Crippen LogP contribution in [-0.4, -0.2) is 18.5 Å². The molecule has 0 fully saturated rings. The Labute approximate surface area is 67.7 Å². The van der Waals surface area contributed by atoms with Gasteiger partial charge in [0.05, 0.1) is 0 Å². The van der Waals surface area contributed by atoms with Crippen LogP contribution in [0.1, 0.15) is 13.8 Å². The number of hydrogen-bond acceptors (Lipinski definition) is 2. The first-order valence-corrected chi connectivity index (χ1v) is 3.73. The van der Waals surface area contributed by atoms with Gasteiger partial charge in [-0.2, -0.15) is 0 Å². The fraction of sp³-hybridized carbons (Fsp3) is 0.625. The monoisotopic (exact) mass is 156 g/mol. The van der Waals surface area contributed by atoms with Crippen LogP contribution in [0.15, 0.2) is 12.7 Å². The highest BCUT2D eigenvalue weighted by molar-refractivity contribution is 5.79. The lowest BCUT2D eigenvalue weighted by Gasteiger charge is -2.13. The second-order valence-electron chi connectivity index (χ2n) is 2.68. The maximum atomic E-state index is 11.1. The van der Waals surface area contributed by atoms with Crippen LogP contribution >= 0.6 is 0 Å². The summed E-state index contributed by atoms with van der Waals surface area (Å²) in [6.45, 7) is 7.63. The van der Waals surface area contributed by atoms with Gasteiger partial charge in [0.15, 0.2) is 0 Å². The van der Waals surface area contributed by atoms with Gasteiger partial charge in [0, 0.05) is 18.5 Å². The van der Waals surface area contributed by atoms with Gasteiger partial charge in [-0.25, -0.2) is 0 Å². The number of nitrogens with two attached hydrogens (primary N) is 1. The van der Waals surface area contributed by atoms with E-state index in [0.29, 0.717) is 6.54 Å². The minimum atomic E-state index is -0.130. The van der Waals surface area contributed by atoms with Crippen molar-refractivity contribution in [2.45, 2.75) is 19.9 Å². The molecule has 0 rings (SSSR count). The van der Waals surface area contributed by atoms with E-state index in [9.17, 15) is 4.79 Å². The Hall–Kier alpha value is -0.830. The second-order valence-corrected chi connectivity index (χ2v) is 2.68. The fourth-order valence-corrected chi connectivity index (χ4v) is 0.573. The van der Waals surface area contributed by atoms with Crippen LogP contribution in [0.4, 0.5) is 0 Å². The first-order valence-electron chi connectivity index (χ1n) is 3.73. The summed E-state index contributed by atoms with van der Waals surface area (Å²) in [7, 11) is 0. The zero-order valence-electron chi connectivity index (χ0n) is 7.13. The molecule has 1 amide bonds. The summed E-state index contributed by atoms with van der Waals surface area (Å²) in [6.07, 6.45) is 1.64. The van der Waals surface area contributed by atoms with Gasteiger partial charge in [0.1, 0.15) is 0 Å². The zero-order valence-corrected chi connectivity index (χ0v) is 7.13. The third-order valence-electron chi connectivity index (χ3n) is 1.62. The van der Waals surface area contributed by atoms with E-state index in [2.05, 4.69) is 11.9 Å². The van der Waals surface area contributed by atoms with Gasteiger partial charge in [-0.1, -0.05) is 13.0 Å². The molecule has 64 valence electrons. The number of carbonyl (C=O) groups is 1. The Balaban J connectivity index is 3.73. The number of carbonyl (C=O) groups excluding carboxylic acids is 1. The molecule has 2 atom stereocenters. The second kappa shape index (κ2) is 4.91. The first-order chi connectivity index (χ1) is 5.09. The molecule has 0 bridgehead atoms. The minimum Gasteiger partial charge on any atom is -0.352 e. The van der Waals surface area contributed by atoms with Gasteiger partial charge < -0.3 is 11.1 Å². The van der Waals surface area contributed by atoms with Crippen LogP contribution in [0, 0.1) is 5.92 Å². The van der Waals surface area contributed by atoms with E-state index in [1.165, 1.54) is 0 Å². The molecule has 0 heterocycles. The lowest BCUT2D eigenvalue weighted by Crippen LogP contribution is -2.38. The minimum absolute atomic E-state index is 0.0140. The highest BCUT2D eigenvalue weighted by atomic mass is 16.1. The molecule has 3 N–H and O–H groups in total. The molecule has 0 aliphatic heterocycles. The van der Waals surface area contributed by atoms with Crippen molar-refractivity contribution in [3.8, 4) is 0 Å². The van der Waals surface area contributed by atoms with E-state index in [1.54, 1.807) is 6.08 Å². The molecule has 3 nitrogen and oxygen atoms in total. The topological polar surface area (TPSA) is 55.1 Å². The van der Waals surface area contributed by atoms with Gasteiger partial charge in [-0.3, -0.25) is 4.79 Å². The number of rotatable bonds is 4. The van der Waals surface area contributed by atoms with Crippen molar-refractivity contribution < 1.29 is 4.79 Å². The Morgan fingerprint density at radius 3 is 2.64 bits per heavy atom. The van der Waals surface area contributed by atoms with Crippen molar-refractivity contribution in [2.24, 2.45) is 11.7 Å². The van der Waals surface area contributed by atoms with E-state index in [1.807, 2.05) is 13.8 Å². The SMILES string of the molecule is C=CCNC(=O)C(C)C(C)N. The molecule has 0 aromatic carbocycles. The van der Waals surface area contributed by atoms with Crippen molar-refractivity contribution in [1.82, 2.24) is 5.32 Å². The van der Waals surface area contributed by atoms with Crippen molar-refractivity contribution >= 4 is 5.91 Å². The molecule has 0 aliphatic carbocycles. The van der Waals surface area contributed by atoms with Crippen molar-refractivity contribution in [3.63, 3.8) is 0 Å². The van der Waals surface area contributed by atoms with Crippen LogP contribution in [0.25, 0.3) is 0 Å². The highest BCUT2D eigenvalue weighted by Crippen LogP contribution is 1.98. The van der Waals surface area contributed by atoms with Gasteiger partial charge in [0.2, 0.25) is 5.91 Å². The third kappa shape index (κ3) is 3.78. The van der Waals surface area contributed by atoms with Crippen molar-refractivity contribution in [1.29, 1.82) is 0 Å². The molecule has 3 heteroatoms. The predicted octanol–water partition coefficient (Wildman–Crippen LogP) is 0.272. The summed E-state index contributed by atoms with van der Waals surface area (Å²) in [5.74, 6) is -0.144. The molecular formula is C8H16N2O. The van der Waals surface area contributed by atoms with Gasteiger partial charge in [-0.05, 0) is 6.92 Å². The van der Waals surface area contributed by atoms with Crippen LogP contribution in [0.5, 0.6) is 0 Å². The van der Waals surface area contributed by atoms with E-state index in [-0.39, 0.29) is 17.9 Å². The molecule has 0 spiro atoms. The van der Waals surface area contributed by atoms with Gasteiger partial charge in [-0.15, -0.1) is 6.58 Å². The molecule has 0 radical (unpaired) electrons. The van der Waals surface area contributed by atoms with Crippen LogP contribution in [-0.2, 0) is 4.79 Å². The Morgan fingerprint density at radius 2 is 2.27 bits per heavy atom. The molecule has 0 saturated carbocycles. The highest BCUT2D eigenvalue weighted by Gasteiger charge is 2.15. The van der Waals surface area contributed by atoms with Crippen molar-refractivity contribution in [3.05, 3.63) is 12.7 Å². The number of amides is 1. The molecule has 2 unspecified atom stereocenters. The summed E-state index contributed by atoms with van der Waals surface area (Å²) < 4.78 is 0. The van der Waals surface area contributed by atoms with Gasteiger partial charge >= 0.3 is 0 Å². The summed E-state index contributed by atoms with van der Waals surface area (Å²) in [4.78, 5) is 11.1. The number of hydrogen-bond donors (Lipinski definition) is 2. The van der Waals surface area contributed by atoms with Crippen LogP contribution in [0.3, 0.4) is 0 Å². The third-order valence-corrected chi connectivity index (χ3v) is 1.62. The maximum Gasteiger partial charge on any atom is 0.224 e. The number of nitrogens with one attached hydrogen (secondary N) is 1. The quantitative estimate of drug-likeness (QED) is 0.574. The maximum absolute atomic E-state index is 11.1. The fourth-order valence-electron chi connectivity index (χ4n) is 0.573. The molecule has 0 aromatic heterocycles. The van der Waals surface area contributed by atoms with Crippen LogP contribution < -0.4 is 11.1 Å². The summed E-state index contributed by atoms with van der Waals surface area (Å²) in [5.41, 5.74) is 5.52. The van der Waals surface area contributed by atoms with Gasteiger partial charge in [0.25, 0.3) is 0 Å². The molecule has 0 aliphatic rings. The summed E-state index contributed by atoms with van der Waals surface area (Å²) >= 11 is 0. The average molecular weight is 156 g/mol. The Bertz CT molecular complexity index is 143. The lowest BCUT2D eigenvalue weighted by atomic mass is 10.0. The molecule has 0 saturated heterocycles. The van der Waals surface area contributed by atoms with E-state index < -0.39 is 0 Å². The Morgan fingerprint density at radius 1 is 1.73 bits per heavy atom. The lowest BCUT2D eigenvalue weighted by molar-refractivity contribution is -0.124. The Kier molecular flexibility index (Phi) is 4.54. The largest absolute Gasteiger partial charge is 0.352 e. The predicted molar refractivity (Wildman–Crippen MR) is 46.0 cm³/mol. The summed E-state index contributed by atoms with van der Waals surface area (Å²) in [5, 5.41) is 2.68. The standard InChI is InChI=1S/C8H16N2O/c1-4-5-10-8(11)6(2)7(3)9/h4,6-7H,1,5,9H2,2-3H3,(H,10,11). The average Bonchev–Trinajstić information content (AvgIpc) is 1.98. The molecule has 11 heavy (non-hydrogen) atoms. The van der Waals surface area contributed by atoms with Crippen LogP contribution in [0.2, 0.25) is 0 Å². The summed E-state index contributed by atoms with van der Waals surface area (Å²) in [6, 6.07) is -0.0974.